The molecule has 0 spiro atoms. The Morgan fingerprint density at radius 2 is 1.56 bits per heavy atom. The monoisotopic (exact) mass is 456 g/mol. The highest BCUT2D eigenvalue weighted by molar-refractivity contribution is 6.36. The van der Waals surface area contributed by atoms with Gasteiger partial charge >= 0.3 is 0 Å². The van der Waals surface area contributed by atoms with Gasteiger partial charge < -0.3 is 5.32 Å². The standard InChI is InChI=1S/C27H18Cl2N2O/c1-16-25(27(32)31-23-12-6-8-17-7-2-3-9-19(17)23)21-10-4-5-11-24(21)30-26(16)20-14-13-18(28)15-22(20)29/h2-15H,1H3,(H,31,32). The van der Waals surface area contributed by atoms with Crippen LogP contribution in [0.15, 0.2) is 84.9 Å². The summed E-state index contributed by atoms with van der Waals surface area (Å²) in [4.78, 5) is 18.5. The van der Waals surface area contributed by atoms with E-state index in [2.05, 4.69) is 5.32 Å². The summed E-state index contributed by atoms with van der Waals surface area (Å²) in [6.45, 7) is 1.90. The molecule has 32 heavy (non-hydrogen) atoms. The minimum absolute atomic E-state index is 0.191. The van der Waals surface area contributed by atoms with E-state index in [1.807, 2.05) is 79.7 Å². The molecule has 3 nitrogen and oxygen atoms in total. The number of nitrogens with zero attached hydrogens (tertiary/aromatic N) is 1. The highest BCUT2D eigenvalue weighted by atomic mass is 35.5. The Kier molecular flexibility index (Phi) is 5.30. The van der Waals surface area contributed by atoms with Crippen molar-refractivity contribution in [3.8, 4) is 11.3 Å². The maximum atomic E-state index is 13.6. The summed E-state index contributed by atoms with van der Waals surface area (Å²) < 4.78 is 0. The lowest BCUT2D eigenvalue weighted by atomic mass is 9.97. The van der Waals surface area contributed by atoms with Gasteiger partial charge in [-0.1, -0.05) is 77.8 Å². The quantitative estimate of drug-likeness (QED) is 0.299. The van der Waals surface area contributed by atoms with Gasteiger partial charge in [-0.25, -0.2) is 4.98 Å². The lowest BCUT2D eigenvalue weighted by Crippen LogP contribution is -2.15. The number of rotatable bonds is 3. The Bertz CT molecular complexity index is 1510. The van der Waals surface area contributed by atoms with Crippen LogP contribution in [-0.2, 0) is 0 Å². The van der Waals surface area contributed by atoms with Crippen molar-refractivity contribution in [1.82, 2.24) is 4.98 Å². The van der Waals surface area contributed by atoms with E-state index in [4.69, 9.17) is 28.2 Å². The van der Waals surface area contributed by atoms with Crippen molar-refractivity contribution in [3.63, 3.8) is 0 Å². The smallest absolute Gasteiger partial charge is 0.256 e. The van der Waals surface area contributed by atoms with Crippen LogP contribution in [0.5, 0.6) is 0 Å². The van der Waals surface area contributed by atoms with E-state index in [0.29, 0.717) is 21.3 Å². The second-order valence-electron chi connectivity index (χ2n) is 7.58. The molecule has 0 aliphatic carbocycles. The predicted molar refractivity (Wildman–Crippen MR) is 134 cm³/mol. The first-order valence-electron chi connectivity index (χ1n) is 10.2. The minimum Gasteiger partial charge on any atom is -0.321 e. The van der Waals surface area contributed by atoms with Crippen LogP contribution in [0.25, 0.3) is 32.9 Å². The van der Waals surface area contributed by atoms with Crippen molar-refractivity contribution < 1.29 is 4.79 Å². The first-order valence-corrected chi connectivity index (χ1v) is 10.9. The zero-order valence-corrected chi connectivity index (χ0v) is 18.7. The Morgan fingerprint density at radius 3 is 2.38 bits per heavy atom. The van der Waals surface area contributed by atoms with E-state index in [-0.39, 0.29) is 5.91 Å². The van der Waals surface area contributed by atoms with E-state index in [9.17, 15) is 4.79 Å². The van der Waals surface area contributed by atoms with Gasteiger partial charge in [-0.2, -0.15) is 0 Å². The Balaban J connectivity index is 1.69. The highest BCUT2D eigenvalue weighted by Gasteiger charge is 2.20. The van der Waals surface area contributed by atoms with Gasteiger partial charge in [0, 0.05) is 27.0 Å². The van der Waals surface area contributed by atoms with Crippen LogP contribution in [0.2, 0.25) is 10.0 Å². The minimum atomic E-state index is -0.191. The SMILES string of the molecule is Cc1c(-c2ccc(Cl)cc2Cl)nc2ccccc2c1C(=O)Nc1cccc2ccccc12. The first-order chi connectivity index (χ1) is 15.5. The van der Waals surface area contributed by atoms with Gasteiger partial charge in [-0.3, -0.25) is 4.79 Å². The molecule has 1 aromatic heterocycles. The van der Waals surface area contributed by atoms with Gasteiger partial charge in [0.05, 0.1) is 21.8 Å². The van der Waals surface area contributed by atoms with Crippen molar-refractivity contribution in [2.75, 3.05) is 5.32 Å². The average Bonchev–Trinajstić information content (AvgIpc) is 2.79. The third-order valence-electron chi connectivity index (χ3n) is 5.59. The second kappa shape index (κ2) is 8.27. The number of aromatic nitrogens is 1. The number of amides is 1. The molecule has 0 unspecified atom stereocenters. The summed E-state index contributed by atoms with van der Waals surface area (Å²) in [6.07, 6.45) is 0. The van der Waals surface area contributed by atoms with E-state index in [0.717, 1.165) is 38.5 Å². The Labute approximate surface area is 195 Å². The van der Waals surface area contributed by atoms with Crippen LogP contribution in [-0.4, -0.2) is 10.9 Å². The second-order valence-corrected chi connectivity index (χ2v) is 8.43. The van der Waals surface area contributed by atoms with E-state index in [1.165, 1.54) is 0 Å². The summed E-state index contributed by atoms with van der Waals surface area (Å²) in [5.41, 5.74) is 4.21. The summed E-state index contributed by atoms with van der Waals surface area (Å²) >= 11 is 12.6. The number of benzene rings is 4. The molecule has 156 valence electrons. The fourth-order valence-electron chi connectivity index (χ4n) is 4.06. The molecule has 0 radical (unpaired) electrons. The molecule has 0 bridgehead atoms. The van der Waals surface area contributed by atoms with Crippen molar-refractivity contribution in [1.29, 1.82) is 0 Å². The van der Waals surface area contributed by atoms with Crippen LogP contribution in [0.1, 0.15) is 15.9 Å². The van der Waals surface area contributed by atoms with Gasteiger partial charge in [0.25, 0.3) is 5.91 Å². The lowest BCUT2D eigenvalue weighted by molar-refractivity contribution is 0.102. The number of carbonyl (C=O) groups excluding carboxylic acids is 1. The van der Waals surface area contributed by atoms with Gasteiger partial charge in [0.15, 0.2) is 0 Å². The lowest BCUT2D eigenvalue weighted by Gasteiger charge is -2.16. The number of carbonyl (C=O) groups is 1. The Morgan fingerprint density at radius 1 is 0.844 bits per heavy atom. The molecule has 1 amide bonds. The van der Waals surface area contributed by atoms with Crippen LogP contribution >= 0.6 is 23.2 Å². The molecular weight excluding hydrogens is 439 g/mol. The molecule has 5 aromatic rings. The summed E-state index contributed by atoms with van der Waals surface area (Å²) in [5.74, 6) is -0.191. The van der Waals surface area contributed by atoms with E-state index in [1.54, 1.807) is 12.1 Å². The van der Waals surface area contributed by atoms with Crippen molar-refractivity contribution in [2.45, 2.75) is 6.92 Å². The predicted octanol–water partition coefficient (Wildman–Crippen LogP) is 7.92. The zero-order chi connectivity index (χ0) is 22.2. The molecule has 5 rings (SSSR count). The number of para-hydroxylation sites is 1. The molecule has 1 heterocycles. The fourth-order valence-corrected chi connectivity index (χ4v) is 4.56. The largest absolute Gasteiger partial charge is 0.321 e. The number of fused-ring (bicyclic) bond motifs is 2. The van der Waals surface area contributed by atoms with E-state index < -0.39 is 0 Å². The fraction of sp³-hybridized carbons (Fsp3) is 0.0370. The number of hydrogen-bond donors (Lipinski definition) is 1. The summed E-state index contributed by atoms with van der Waals surface area (Å²) in [7, 11) is 0. The number of nitrogens with one attached hydrogen (secondary N) is 1. The molecule has 5 heteroatoms. The van der Waals surface area contributed by atoms with Crippen LogP contribution in [0.3, 0.4) is 0 Å². The van der Waals surface area contributed by atoms with Gasteiger partial charge in [-0.05, 0) is 48.2 Å². The first kappa shape index (κ1) is 20.5. The molecule has 0 atom stereocenters. The van der Waals surface area contributed by atoms with Crippen LogP contribution < -0.4 is 5.32 Å². The number of hydrogen-bond acceptors (Lipinski definition) is 2. The number of anilines is 1. The average molecular weight is 457 g/mol. The summed E-state index contributed by atoms with van der Waals surface area (Å²) in [5, 5.41) is 6.99. The third-order valence-corrected chi connectivity index (χ3v) is 6.13. The zero-order valence-electron chi connectivity index (χ0n) is 17.2. The maximum absolute atomic E-state index is 13.6. The third kappa shape index (κ3) is 3.60. The van der Waals surface area contributed by atoms with Crippen molar-refractivity contribution in [3.05, 3.63) is 106 Å². The normalized spacial score (nSPS) is 11.1. The summed E-state index contributed by atoms with van der Waals surface area (Å²) in [6, 6.07) is 26.8. The van der Waals surface area contributed by atoms with Gasteiger partial charge in [-0.15, -0.1) is 0 Å². The van der Waals surface area contributed by atoms with Gasteiger partial charge in [0.2, 0.25) is 0 Å². The molecule has 4 aromatic carbocycles. The maximum Gasteiger partial charge on any atom is 0.256 e. The van der Waals surface area contributed by atoms with Gasteiger partial charge in [0.1, 0.15) is 0 Å². The van der Waals surface area contributed by atoms with Crippen LogP contribution in [0, 0.1) is 6.92 Å². The topological polar surface area (TPSA) is 42.0 Å². The van der Waals surface area contributed by atoms with Crippen molar-refractivity contribution >= 4 is 56.5 Å². The molecular formula is C27H18Cl2N2O. The molecule has 0 aliphatic heterocycles. The molecule has 1 N–H and O–H groups in total. The molecule has 0 fully saturated rings. The van der Waals surface area contributed by atoms with Crippen LogP contribution in [0.4, 0.5) is 5.69 Å². The molecule has 0 aliphatic rings. The molecule has 0 saturated carbocycles. The van der Waals surface area contributed by atoms with Crippen molar-refractivity contribution in [2.24, 2.45) is 0 Å². The Hall–Kier alpha value is -3.40. The number of pyridine rings is 1. The highest BCUT2D eigenvalue weighted by Crippen LogP contribution is 2.35. The van der Waals surface area contributed by atoms with E-state index >= 15 is 0 Å². The number of halogens is 2. The molecule has 0 saturated heterocycles.